The first-order valence-electron chi connectivity index (χ1n) is 10.5. The van der Waals surface area contributed by atoms with E-state index >= 15 is 0 Å². The number of nitrogens with zero attached hydrogens (tertiary/aromatic N) is 5. The van der Waals surface area contributed by atoms with Crippen molar-refractivity contribution >= 4 is 11.6 Å². The maximum atomic E-state index is 13.3. The van der Waals surface area contributed by atoms with E-state index in [1.807, 2.05) is 13.1 Å². The van der Waals surface area contributed by atoms with E-state index in [2.05, 4.69) is 43.8 Å². The predicted molar refractivity (Wildman–Crippen MR) is 108 cm³/mol. The number of piperazine rings is 1. The first-order chi connectivity index (χ1) is 13.1. The van der Waals surface area contributed by atoms with Gasteiger partial charge in [0, 0.05) is 49.8 Å². The molecule has 0 unspecified atom stereocenters. The molecule has 0 bridgehead atoms. The van der Waals surface area contributed by atoms with Gasteiger partial charge < -0.3 is 14.7 Å². The second kappa shape index (κ2) is 8.15. The summed E-state index contributed by atoms with van der Waals surface area (Å²) >= 11 is 0. The Kier molecular flexibility index (Phi) is 5.64. The molecule has 3 aliphatic heterocycles. The first-order valence-corrected chi connectivity index (χ1v) is 10.5. The Hall–Kier alpha value is -1.66. The molecule has 0 spiro atoms. The van der Waals surface area contributed by atoms with Crippen LogP contribution in [0.2, 0.25) is 0 Å². The lowest BCUT2D eigenvalue weighted by Crippen LogP contribution is -2.56. The lowest BCUT2D eigenvalue weighted by Gasteiger charge is -2.41. The van der Waals surface area contributed by atoms with Gasteiger partial charge in [0.1, 0.15) is 0 Å². The zero-order valence-corrected chi connectivity index (χ0v) is 16.8. The third kappa shape index (κ3) is 4.11. The molecule has 3 fully saturated rings. The molecule has 3 saturated heterocycles. The predicted octanol–water partition coefficient (Wildman–Crippen LogP) is 1.60. The molecule has 148 valence electrons. The third-order valence-corrected chi connectivity index (χ3v) is 6.57. The fraction of sp³-hybridized carbons (Fsp3) is 0.714. The fourth-order valence-electron chi connectivity index (χ4n) is 4.94. The fourth-order valence-corrected chi connectivity index (χ4v) is 4.94. The topological polar surface area (TPSA) is 42.9 Å². The average molecular weight is 372 g/mol. The summed E-state index contributed by atoms with van der Waals surface area (Å²) in [5.74, 6) is 0.372. The summed E-state index contributed by atoms with van der Waals surface area (Å²) < 4.78 is 0. The van der Waals surface area contributed by atoms with Crippen molar-refractivity contribution in [1.82, 2.24) is 19.7 Å². The average Bonchev–Trinajstić information content (AvgIpc) is 3.18. The molecular weight excluding hydrogens is 338 g/mol. The van der Waals surface area contributed by atoms with Crippen LogP contribution >= 0.6 is 0 Å². The quantitative estimate of drug-likeness (QED) is 0.807. The highest BCUT2D eigenvalue weighted by Crippen LogP contribution is 2.27. The van der Waals surface area contributed by atoms with Crippen LogP contribution < -0.4 is 4.90 Å². The largest absolute Gasteiger partial charge is 0.368 e. The number of aryl methyl sites for hydroxylation is 1. The summed E-state index contributed by atoms with van der Waals surface area (Å²) in [5.41, 5.74) is 2.27. The minimum atomic E-state index is 0.119. The zero-order chi connectivity index (χ0) is 18.8. The van der Waals surface area contributed by atoms with Crippen LogP contribution in [0, 0.1) is 6.92 Å². The van der Waals surface area contributed by atoms with Crippen molar-refractivity contribution in [3.63, 3.8) is 0 Å². The molecule has 1 atom stereocenters. The van der Waals surface area contributed by atoms with Crippen LogP contribution in [-0.4, -0.2) is 90.5 Å². The molecular formula is C21H33N5O. The van der Waals surface area contributed by atoms with E-state index in [9.17, 15) is 4.79 Å². The standard InChI is InChI=1S/C21H33N5O/c1-17-16-19(5-8-22-17)24-12-14-25(15-13-24)21(27)20-4-3-9-26(20)18-6-10-23(2)11-7-18/h5,8,16,18,20H,3-4,6-7,9-15H2,1-2H3/t20-/m0/s1. The van der Waals surface area contributed by atoms with Gasteiger partial charge in [0.25, 0.3) is 0 Å². The number of hydrogen-bond acceptors (Lipinski definition) is 5. The van der Waals surface area contributed by atoms with E-state index in [-0.39, 0.29) is 6.04 Å². The Morgan fingerprint density at radius 1 is 1.04 bits per heavy atom. The van der Waals surface area contributed by atoms with Crippen LogP contribution in [0.3, 0.4) is 0 Å². The van der Waals surface area contributed by atoms with E-state index in [1.165, 1.54) is 24.9 Å². The Labute approximate surface area is 163 Å². The van der Waals surface area contributed by atoms with E-state index in [4.69, 9.17) is 0 Å². The summed E-state index contributed by atoms with van der Waals surface area (Å²) in [5, 5.41) is 0. The third-order valence-electron chi connectivity index (χ3n) is 6.57. The van der Waals surface area contributed by atoms with Gasteiger partial charge in [-0.25, -0.2) is 0 Å². The number of anilines is 1. The normalized spacial score (nSPS) is 25.9. The number of rotatable bonds is 3. The van der Waals surface area contributed by atoms with Gasteiger partial charge in [-0.05, 0) is 71.4 Å². The molecule has 3 aliphatic rings. The van der Waals surface area contributed by atoms with Gasteiger partial charge in [-0.3, -0.25) is 14.7 Å². The highest BCUT2D eigenvalue weighted by Gasteiger charge is 2.38. The molecule has 1 aromatic heterocycles. The monoisotopic (exact) mass is 371 g/mol. The molecule has 4 heterocycles. The Morgan fingerprint density at radius 3 is 2.48 bits per heavy atom. The van der Waals surface area contributed by atoms with Crippen LogP contribution in [0.15, 0.2) is 18.3 Å². The molecule has 6 nitrogen and oxygen atoms in total. The van der Waals surface area contributed by atoms with Gasteiger partial charge in [0.15, 0.2) is 0 Å². The number of amides is 1. The molecule has 27 heavy (non-hydrogen) atoms. The van der Waals surface area contributed by atoms with Gasteiger partial charge >= 0.3 is 0 Å². The second-order valence-electron chi connectivity index (χ2n) is 8.40. The molecule has 0 aliphatic carbocycles. The van der Waals surface area contributed by atoms with E-state index in [0.717, 1.165) is 57.9 Å². The van der Waals surface area contributed by atoms with Crippen LogP contribution in [-0.2, 0) is 4.79 Å². The molecule has 0 N–H and O–H groups in total. The summed E-state index contributed by atoms with van der Waals surface area (Å²) in [7, 11) is 2.20. The van der Waals surface area contributed by atoms with Crippen LogP contribution in [0.5, 0.6) is 0 Å². The smallest absolute Gasteiger partial charge is 0.240 e. The summed E-state index contributed by atoms with van der Waals surface area (Å²) in [6, 6.07) is 4.92. The Bertz CT molecular complexity index is 650. The number of pyridine rings is 1. The summed E-state index contributed by atoms with van der Waals surface area (Å²) in [6.07, 6.45) is 6.49. The van der Waals surface area contributed by atoms with Crippen molar-refractivity contribution in [3.8, 4) is 0 Å². The van der Waals surface area contributed by atoms with Gasteiger partial charge in [-0.2, -0.15) is 0 Å². The van der Waals surface area contributed by atoms with Crippen LogP contribution in [0.4, 0.5) is 5.69 Å². The van der Waals surface area contributed by atoms with Crippen molar-refractivity contribution in [2.75, 3.05) is 57.8 Å². The molecule has 4 rings (SSSR count). The molecule has 6 heteroatoms. The van der Waals surface area contributed by atoms with Gasteiger partial charge in [0.05, 0.1) is 6.04 Å². The number of aromatic nitrogens is 1. The van der Waals surface area contributed by atoms with Gasteiger partial charge in [-0.1, -0.05) is 0 Å². The van der Waals surface area contributed by atoms with Gasteiger partial charge in [-0.15, -0.1) is 0 Å². The van der Waals surface area contributed by atoms with E-state index in [1.54, 1.807) is 0 Å². The molecule has 0 aromatic carbocycles. The molecule has 0 saturated carbocycles. The number of carbonyl (C=O) groups is 1. The number of hydrogen-bond donors (Lipinski definition) is 0. The maximum absolute atomic E-state index is 13.3. The zero-order valence-electron chi connectivity index (χ0n) is 16.8. The van der Waals surface area contributed by atoms with Crippen LogP contribution in [0.25, 0.3) is 0 Å². The molecule has 1 aromatic rings. The highest BCUT2D eigenvalue weighted by atomic mass is 16.2. The lowest BCUT2D eigenvalue weighted by atomic mass is 10.0. The summed E-state index contributed by atoms with van der Waals surface area (Å²) in [4.78, 5) is 27.0. The number of piperidine rings is 1. The highest BCUT2D eigenvalue weighted by molar-refractivity contribution is 5.82. The van der Waals surface area contributed by atoms with Crippen LogP contribution in [0.1, 0.15) is 31.4 Å². The van der Waals surface area contributed by atoms with Crippen molar-refractivity contribution in [2.24, 2.45) is 0 Å². The minimum absolute atomic E-state index is 0.119. The van der Waals surface area contributed by atoms with E-state index in [0.29, 0.717) is 11.9 Å². The second-order valence-corrected chi connectivity index (χ2v) is 8.40. The van der Waals surface area contributed by atoms with Crippen molar-refractivity contribution in [1.29, 1.82) is 0 Å². The molecule has 1 amide bonds. The van der Waals surface area contributed by atoms with Gasteiger partial charge in [0.2, 0.25) is 5.91 Å². The minimum Gasteiger partial charge on any atom is -0.368 e. The molecule has 0 radical (unpaired) electrons. The van der Waals surface area contributed by atoms with E-state index < -0.39 is 0 Å². The number of likely N-dealkylation sites (tertiary alicyclic amines) is 2. The Balaban J connectivity index is 1.34. The Morgan fingerprint density at radius 2 is 1.78 bits per heavy atom. The maximum Gasteiger partial charge on any atom is 0.240 e. The number of carbonyl (C=O) groups excluding carboxylic acids is 1. The van der Waals surface area contributed by atoms with Crippen molar-refractivity contribution < 1.29 is 4.79 Å². The van der Waals surface area contributed by atoms with Crippen molar-refractivity contribution in [2.45, 2.75) is 44.7 Å². The summed E-state index contributed by atoms with van der Waals surface area (Å²) in [6.45, 7) is 8.93. The lowest BCUT2D eigenvalue weighted by molar-refractivity contribution is -0.137. The van der Waals surface area contributed by atoms with Crippen molar-refractivity contribution in [3.05, 3.63) is 24.0 Å². The first kappa shape index (κ1) is 18.7. The SMILES string of the molecule is Cc1cc(N2CCN(C(=O)[C@@H]3CCCN3C3CCN(C)CC3)CC2)ccn1.